The first-order chi connectivity index (χ1) is 9.90. The van der Waals surface area contributed by atoms with Crippen LogP contribution in [0.5, 0.6) is 0 Å². The SMILES string of the molecule is CCN(C(C)=O)c1ccc(C[C@@H](C(=O)OC)N(C)P)cc1. The van der Waals surface area contributed by atoms with Crippen LogP contribution in [-0.4, -0.2) is 43.3 Å². The van der Waals surface area contributed by atoms with Crippen LogP contribution in [0.4, 0.5) is 5.69 Å². The molecule has 0 aromatic heterocycles. The van der Waals surface area contributed by atoms with Crippen molar-refractivity contribution in [2.24, 2.45) is 0 Å². The predicted molar refractivity (Wildman–Crippen MR) is 87.1 cm³/mol. The van der Waals surface area contributed by atoms with E-state index in [1.54, 1.807) is 16.5 Å². The van der Waals surface area contributed by atoms with Gasteiger partial charge in [-0.1, -0.05) is 21.5 Å². The van der Waals surface area contributed by atoms with Gasteiger partial charge < -0.3 is 9.64 Å². The van der Waals surface area contributed by atoms with E-state index in [4.69, 9.17) is 4.74 Å². The lowest BCUT2D eigenvalue weighted by Crippen LogP contribution is -2.35. The first-order valence-corrected chi connectivity index (χ1v) is 7.34. The maximum absolute atomic E-state index is 11.7. The standard InChI is InChI=1S/C15H23N2O3P/c1-5-17(11(2)18)13-8-6-12(7-9-13)10-14(16(3)21)15(19)20-4/h6-9,14H,5,10,21H2,1-4H3/t14-/m0/s1. The topological polar surface area (TPSA) is 49.9 Å². The Hall–Kier alpha value is -1.45. The Morgan fingerprint density at radius 1 is 1.29 bits per heavy atom. The van der Waals surface area contributed by atoms with Crippen LogP contribution in [0.1, 0.15) is 19.4 Å². The fraction of sp³-hybridized carbons (Fsp3) is 0.467. The van der Waals surface area contributed by atoms with Gasteiger partial charge in [0.15, 0.2) is 0 Å². The molecule has 21 heavy (non-hydrogen) atoms. The van der Waals surface area contributed by atoms with Crippen LogP contribution in [0, 0.1) is 0 Å². The Kier molecular flexibility index (Phi) is 6.79. The van der Waals surface area contributed by atoms with Crippen LogP contribution in [0.3, 0.4) is 0 Å². The van der Waals surface area contributed by atoms with Gasteiger partial charge in [0.25, 0.3) is 0 Å². The summed E-state index contributed by atoms with van der Waals surface area (Å²) in [7, 11) is 5.69. The number of rotatable bonds is 6. The van der Waals surface area contributed by atoms with Crippen LogP contribution in [0.15, 0.2) is 24.3 Å². The average molecular weight is 310 g/mol. The molecule has 0 aliphatic rings. The van der Waals surface area contributed by atoms with E-state index in [9.17, 15) is 9.59 Å². The molecule has 0 heterocycles. The van der Waals surface area contributed by atoms with Crippen LogP contribution >= 0.6 is 9.39 Å². The van der Waals surface area contributed by atoms with Crippen molar-refractivity contribution in [3.05, 3.63) is 29.8 Å². The zero-order valence-corrected chi connectivity index (χ0v) is 14.2. The van der Waals surface area contributed by atoms with E-state index >= 15 is 0 Å². The van der Waals surface area contributed by atoms with E-state index in [0.717, 1.165) is 11.3 Å². The molecular formula is C15H23N2O3P. The number of carbonyl (C=O) groups is 2. The highest BCUT2D eigenvalue weighted by Crippen LogP contribution is 2.18. The maximum atomic E-state index is 11.7. The number of anilines is 1. The number of likely N-dealkylation sites (N-methyl/N-ethyl adjacent to an activating group) is 1. The Morgan fingerprint density at radius 3 is 2.24 bits per heavy atom. The molecule has 0 saturated heterocycles. The lowest BCUT2D eigenvalue weighted by molar-refractivity contribution is -0.144. The molecular weight excluding hydrogens is 287 g/mol. The first-order valence-electron chi connectivity index (χ1n) is 6.83. The van der Waals surface area contributed by atoms with Crippen molar-refractivity contribution in [3.63, 3.8) is 0 Å². The number of amides is 1. The molecule has 2 atom stereocenters. The number of carbonyl (C=O) groups excluding carboxylic acids is 2. The highest BCUT2D eigenvalue weighted by atomic mass is 31.0. The first kappa shape index (κ1) is 17.6. The van der Waals surface area contributed by atoms with Gasteiger partial charge >= 0.3 is 5.97 Å². The molecule has 0 saturated carbocycles. The van der Waals surface area contributed by atoms with E-state index in [-0.39, 0.29) is 17.9 Å². The number of methoxy groups -OCH3 is 1. The predicted octanol–water partition coefficient (Wildman–Crippen LogP) is 1.87. The summed E-state index contributed by atoms with van der Waals surface area (Å²) >= 11 is 0. The molecule has 1 amide bonds. The monoisotopic (exact) mass is 310 g/mol. The zero-order chi connectivity index (χ0) is 16.0. The van der Waals surface area contributed by atoms with Gasteiger partial charge in [-0.15, -0.1) is 0 Å². The molecule has 0 fully saturated rings. The number of esters is 1. The molecule has 1 rings (SSSR count). The smallest absolute Gasteiger partial charge is 0.323 e. The van der Waals surface area contributed by atoms with E-state index < -0.39 is 0 Å². The minimum absolute atomic E-state index is 0.0161. The van der Waals surface area contributed by atoms with Gasteiger partial charge in [0.1, 0.15) is 6.04 Å². The van der Waals surface area contributed by atoms with Crippen LogP contribution in [0.25, 0.3) is 0 Å². The molecule has 0 N–H and O–H groups in total. The summed E-state index contributed by atoms with van der Waals surface area (Å²) in [5.74, 6) is -0.252. The molecule has 6 heteroatoms. The third-order valence-electron chi connectivity index (χ3n) is 3.34. The molecule has 0 radical (unpaired) electrons. The third-order valence-corrected chi connectivity index (χ3v) is 3.70. The van der Waals surface area contributed by atoms with Crippen molar-refractivity contribution in [1.82, 2.24) is 4.67 Å². The van der Waals surface area contributed by atoms with E-state index in [2.05, 4.69) is 9.39 Å². The zero-order valence-electron chi connectivity index (χ0n) is 13.0. The van der Waals surface area contributed by atoms with E-state index in [1.807, 2.05) is 38.2 Å². The van der Waals surface area contributed by atoms with Gasteiger partial charge in [-0.05, 0) is 38.1 Å². The van der Waals surface area contributed by atoms with Gasteiger partial charge in [0.05, 0.1) is 7.11 Å². The van der Waals surface area contributed by atoms with Gasteiger partial charge in [-0.3, -0.25) is 14.3 Å². The Balaban J connectivity index is 2.87. The summed E-state index contributed by atoms with van der Waals surface area (Å²) in [5.41, 5.74) is 1.88. The van der Waals surface area contributed by atoms with Crippen molar-refractivity contribution < 1.29 is 14.3 Å². The van der Waals surface area contributed by atoms with Crippen LogP contribution in [-0.2, 0) is 20.7 Å². The lowest BCUT2D eigenvalue weighted by Gasteiger charge is -2.22. The summed E-state index contributed by atoms with van der Waals surface area (Å²) < 4.78 is 6.57. The molecule has 5 nitrogen and oxygen atoms in total. The highest BCUT2D eigenvalue weighted by Gasteiger charge is 2.22. The Labute approximate surface area is 128 Å². The minimum atomic E-state index is -0.346. The molecule has 0 aliphatic carbocycles. The highest BCUT2D eigenvalue weighted by molar-refractivity contribution is 7.13. The maximum Gasteiger partial charge on any atom is 0.323 e. The number of hydrogen-bond acceptors (Lipinski definition) is 4. The van der Waals surface area contributed by atoms with Gasteiger partial charge in [-0.2, -0.15) is 0 Å². The van der Waals surface area contributed by atoms with E-state index in [1.165, 1.54) is 7.11 Å². The third kappa shape index (κ3) is 4.80. The number of nitrogens with zero attached hydrogens (tertiary/aromatic N) is 2. The molecule has 1 aromatic rings. The van der Waals surface area contributed by atoms with Gasteiger partial charge in [0, 0.05) is 19.2 Å². The lowest BCUT2D eigenvalue weighted by atomic mass is 10.1. The van der Waals surface area contributed by atoms with Crippen molar-refractivity contribution in [3.8, 4) is 0 Å². The van der Waals surface area contributed by atoms with Crippen molar-refractivity contribution >= 4 is 27.0 Å². The van der Waals surface area contributed by atoms with Crippen molar-refractivity contribution in [2.45, 2.75) is 26.3 Å². The van der Waals surface area contributed by atoms with Crippen molar-refractivity contribution in [1.29, 1.82) is 0 Å². The Morgan fingerprint density at radius 2 is 1.86 bits per heavy atom. The number of ether oxygens (including phenoxy) is 1. The number of hydrogen-bond donors (Lipinski definition) is 0. The van der Waals surface area contributed by atoms with E-state index in [0.29, 0.717) is 13.0 Å². The molecule has 1 unspecified atom stereocenters. The summed E-state index contributed by atoms with van der Waals surface area (Å²) in [6.07, 6.45) is 0.555. The summed E-state index contributed by atoms with van der Waals surface area (Å²) in [6, 6.07) is 7.33. The largest absolute Gasteiger partial charge is 0.468 e. The van der Waals surface area contributed by atoms with Gasteiger partial charge in [-0.25, -0.2) is 0 Å². The summed E-state index contributed by atoms with van der Waals surface area (Å²) in [6.45, 7) is 4.12. The fourth-order valence-corrected chi connectivity index (χ4v) is 2.38. The van der Waals surface area contributed by atoms with Crippen molar-refractivity contribution in [2.75, 3.05) is 25.6 Å². The molecule has 0 spiro atoms. The molecule has 1 aromatic carbocycles. The molecule has 0 bridgehead atoms. The normalized spacial score (nSPS) is 12.1. The molecule has 116 valence electrons. The second-order valence-electron chi connectivity index (χ2n) is 4.84. The minimum Gasteiger partial charge on any atom is -0.468 e. The molecule has 0 aliphatic heterocycles. The second-order valence-corrected chi connectivity index (χ2v) is 5.65. The second kappa shape index (κ2) is 8.11. The fourth-order valence-electron chi connectivity index (χ4n) is 2.15. The summed E-state index contributed by atoms with van der Waals surface area (Å²) in [5, 5.41) is 0. The Bertz CT molecular complexity index is 488. The van der Waals surface area contributed by atoms with Gasteiger partial charge in [0.2, 0.25) is 5.91 Å². The van der Waals surface area contributed by atoms with Crippen LogP contribution < -0.4 is 4.90 Å². The number of benzene rings is 1. The van der Waals surface area contributed by atoms with Crippen LogP contribution in [0.2, 0.25) is 0 Å². The average Bonchev–Trinajstić information content (AvgIpc) is 2.45. The summed E-state index contributed by atoms with van der Waals surface area (Å²) in [4.78, 5) is 24.9. The quantitative estimate of drug-likeness (QED) is 0.594.